The number of rotatable bonds is 2. The molecule has 0 N–H and O–H groups in total. The molecule has 1 amide bonds. The van der Waals surface area contributed by atoms with E-state index in [0.717, 1.165) is 37.1 Å². The van der Waals surface area contributed by atoms with E-state index in [4.69, 9.17) is 9.47 Å². The van der Waals surface area contributed by atoms with Crippen LogP contribution in [0.25, 0.3) is 0 Å². The summed E-state index contributed by atoms with van der Waals surface area (Å²) < 4.78 is 11.1. The molecular formula is C16H21NO3. The molecule has 0 aliphatic carbocycles. The minimum Gasteiger partial charge on any atom is -0.350 e. The predicted molar refractivity (Wildman–Crippen MR) is 75.5 cm³/mol. The lowest BCUT2D eigenvalue weighted by Gasteiger charge is -2.33. The minimum atomic E-state index is -0.0498. The summed E-state index contributed by atoms with van der Waals surface area (Å²) in [4.78, 5) is 14.4. The van der Waals surface area contributed by atoms with Gasteiger partial charge in [0.05, 0.1) is 13.2 Å². The van der Waals surface area contributed by atoms with Gasteiger partial charge in [-0.05, 0) is 31.9 Å². The zero-order valence-corrected chi connectivity index (χ0v) is 11.9. The van der Waals surface area contributed by atoms with E-state index in [9.17, 15) is 4.79 Å². The van der Waals surface area contributed by atoms with Crippen LogP contribution in [0.2, 0.25) is 0 Å². The molecule has 108 valence electrons. The average molecular weight is 275 g/mol. The largest absolute Gasteiger partial charge is 0.350 e. The molecule has 2 saturated heterocycles. The van der Waals surface area contributed by atoms with E-state index >= 15 is 0 Å². The normalized spacial score (nSPS) is 21.4. The lowest BCUT2D eigenvalue weighted by molar-refractivity contribution is -0.0956. The van der Waals surface area contributed by atoms with E-state index in [1.165, 1.54) is 0 Å². The molecule has 2 aliphatic heterocycles. The van der Waals surface area contributed by atoms with Crippen molar-refractivity contribution in [2.75, 3.05) is 26.3 Å². The second kappa shape index (κ2) is 5.94. The van der Waals surface area contributed by atoms with Gasteiger partial charge in [0.2, 0.25) is 0 Å². The highest BCUT2D eigenvalue weighted by atomic mass is 16.7. The summed E-state index contributed by atoms with van der Waals surface area (Å²) in [5.41, 5.74) is 1.91. The molecule has 2 heterocycles. The Morgan fingerprint density at radius 1 is 1.20 bits per heavy atom. The van der Waals surface area contributed by atoms with Gasteiger partial charge in [-0.3, -0.25) is 4.79 Å². The van der Waals surface area contributed by atoms with Crippen LogP contribution in [0.15, 0.2) is 24.3 Å². The maximum absolute atomic E-state index is 12.4. The lowest BCUT2D eigenvalue weighted by atomic mass is 9.95. The first kappa shape index (κ1) is 13.6. The van der Waals surface area contributed by atoms with Crippen molar-refractivity contribution in [3.05, 3.63) is 35.4 Å². The molecule has 20 heavy (non-hydrogen) atoms. The number of piperidine rings is 1. The molecule has 1 aromatic carbocycles. The number of ether oxygens (including phenoxy) is 2. The third-order valence-electron chi connectivity index (χ3n) is 4.12. The van der Waals surface area contributed by atoms with Gasteiger partial charge in [0.25, 0.3) is 5.91 Å². The highest BCUT2D eigenvalue weighted by Gasteiger charge is 2.31. The molecule has 0 saturated carbocycles. The molecule has 0 aromatic heterocycles. The second-order valence-electron chi connectivity index (χ2n) is 5.61. The Labute approximate surface area is 119 Å². The molecule has 1 aromatic rings. The topological polar surface area (TPSA) is 38.8 Å². The number of nitrogens with zero attached hydrogens (tertiary/aromatic N) is 1. The Morgan fingerprint density at radius 2 is 1.90 bits per heavy atom. The molecule has 0 spiro atoms. The predicted octanol–water partition coefficient (Wildman–Crippen LogP) is 2.22. The Balaban J connectivity index is 1.58. The fourth-order valence-electron chi connectivity index (χ4n) is 2.98. The lowest BCUT2D eigenvalue weighted by Crippen LogP contribution is -2.41. The SMILES string of the molecule is Cc1cccc(C(=O)N2CCC(C3OCCO3)CC2)c1. The second-order valence-corrected chi connectivity index (χ2v) is 5.61. The Hall–Kier alpha value is -1.39. The summed E-state index contributed by atoms with van der Waals surface area (Å²) >= 11 is 0. The smallest absolute Gasteiger partial charge is 0.253 e. The molecule has 0 radical (unpaired) electrons. The van der Waals surface area contributed by atoms with Gasteiger partial charge in [-0.1, -0.05) is 17.7 Å². The van der Waals surface area contributed by atoms with Crippen LogP contribution in [0.1, 0.15) is 28.8 Å². The van der Waals surface area contributed by atoms with Crippen LogP contribution in [0, 0.1) is 12.8 Å². The molecule has 0 bridgehead atoms. The molecule has 0 unspecified atom stereocenters. The quantitative estimate of drug-likeness (QED) is 0.830. The number of aryl methyl sites for hydroxylation is 1. The zero-order valence-electron chi connectivity index (χ0n) is 11.9. The van der Waals surface area contributed by atoms with E-state index in [0.29, 0.717) is 19.1 Å². The first-order chi connectivity index (χ1) is 9.74. The third kappa shape index (κ3) is 2.86. The van der Waals surface area contributed by atoms with Crippen molar-refractivity contribution in [1.29, 1.82) is 0 Å². The summed E-state index contributed by atoms with van der Waals surface area (Å²) in [5.74, 6) is 0.569. The van der Waals surface area contributed by atoms with E-state index in [1.807, 2.05) is 36.1 Å². The fourth-order valence-corrected chi connectivity index (χ4v) is 2.98. The Kier molecular flexibility index (Phi) is 4.03. The standard InChI is InChI=1S/C16H21NO3/c1-12-3-2-4-14(11-12)15(18)17-7-5-13(6-8-17)16-19-9-10-20-16/h2-4,11,13,16H,5-10H2,1H3. The van der Waals surface area contributed by atoms with Crippen molar-refractivity contribution in [1.82, 2.24) is 4.90 Å². The van der Waals surface area contributed by atoms with E-state index < -0.39 is 0 Å². The summed E-state index contributed by atoms with van der Waals surface area (Å²) in [5, 5.41) is 0. The van der Waals surface area contributed by atoms with Gasteiger partial charge in [-0.2, -0.15) is 0 Å². The number of hydrogen-bond acceptors (Lipinski definition) is 3. The molecule has 2 fully saturated rings. The number of benzene rings is 1. The van der Waals surface area contributed by atoms with Crippen molar-refractivity contribution in [2.45, 2.75) is 26.1 Å². The Morgan fingerprint density at radius 3 is 2.55 bits per heavy atom. The van der Waals surface area contributed by atoms with E-state index in [1.54, 1.807) is 0 Å². The zero-order chi connectivity index (χ0) is 13.9. The number of carbonyl (C=O) groups excluding carboxylic acids is 1. The highest BCUT2D eigenvalue weighted by molar-refractivity contribution is 5.94. The molecule has 4 nitrogen and oxygen atoms in total. The molecule has 3 rings (SSSR count). The molecule has 2 aliphatic rings. The number of likely N-dealkylation sites (tertiary alicyclic amines) is 1. The monoisotopic (exact) mass is 275 g/mol. The van der Waals surface area contributed by atoms with Crippen LogP contribution in [-0.2, 0) is 9.47 Å². The molecular weight excluding hydrogens is 254 g/mol. The third-order valence-corrected chi connectivity index (χ3v) is 4.12. The van der Waals surface area contributed by atoms with Gasteiger partial charge in [-0.15, -0.1) is 0 Å². The van der Waals surface area contributed by atoms with Crippen LogP contribution in [-0.4, -0.2) is 43.4 Å². The van der Waals surface area contributed by atoms with Gasteiger partial charge in [0.1, 0.15) is 0 Å². The van der Waals surface area contributed by atoms with Gasteiger partial charge >= 0.3 is 0 Å². The van der Waals surface area contributed by atoms with Crippen LogP contribution in [0.5, 0.6) is 0 Å². The van der Waals surface area contributed by atoms with Crippen LogP contribution >= 0.6 is 0 Å². The number of hydrogen-bond donors (Lipinski definition) is 0. The van der Waals surface area contributed by atoms with Gasteiger partial charge in [0.15, 0.2) is 6.29 Å². The van der Waals surface area contributed by atoms with E-state index in [-0.39, 0.29) is 12.2 Å². The van der Waals surface area contributed by atoms with Crippen LogP contribution < -0.4 is 0 Å². The summed E-state index contributed by atoms with van der Waals surface area (Å²) in [6.07, 6.45) is 1.87. The van der Waals surface area contributed by atoms with Crippen molar-refractivity contribution in [2.24, 2.45) is 5.92 Å². The van der Waals surface area contributed by atoms with Gasteiger partial charge < -0.3 is 14.4 Å². The van der Waals surface area contributed by atoms with Crippen molar-refractivity contribution in [3.63, 3.8) is 0 Å². The first-order valence-corrected chi connectivity index (χ1v) is 7.33. The molecule has 4 heteroatoms. The molecule has 0 atom stereocenters. The number of carbonyl (C=O) groups is 1. The minimum absolute atomic E-state index is 0.0498. The van der Waals surface area contributed by atoms with Gasteiger partial charge in [-0.25, -0.2) is 0 Å². The maximum Gasteiger partial charge on any atom is 0.253 e. The van der Waals surface area contributed by atoms with Gasteiger partial charge in [0, 0.05) is 24.6 Å². The fraction of sp³-hybridized carbons (Fsp3) is 0.562. The summed E-state index contributed by atoms with van der Waals surface area (Å²) in [6.45, 7) is 5.00. The van der Waals surface area contributed by atoms with Crippen molar-refractivity contribution in [3.8, 4) is 0 Å². The van der Waals surface area contributed by atoms with Crippen LogP contribution in [0.3, 0.4) is 0 Å². The maximum atomic E-state index is 12.4. The summed E-state index contributed by atoms with van der Waals surface area (Å²) in [7, 11) is 0. The van der Waals surface area contributed by atoms with Crippen LogP contribution in [0.4, 0.5) is 0 Å². The first-order valence-electron chi connectivity index (χ1n) is 7.33. The van der Waals surface area contributed by atoms with Crippen molar-refractivity contribution >= 4 is 5.91 Å². The summed E-state index contributed by atoms with van der Waals surface area (Å²) in [6, 6.07) is 7.80. The van der Waals surface area contributed by atoms with Crippen molar-refractivity contribution < 1.29 is 14.3 Å². The number of amides is 1. The average Bonchev–Trinajstić information content (AvgIpc) is 3.01. The Bertz CT molecular complexity index is 474. The highest BCUT2D eigenvalue weighted by Crippen LogP contribution is 2.26. The van der Waals surface area contributed by atoms with E-state index in [2.05, 4.69) is 0 Å².